The average Bonchev–Trinajstić information content (AvgIpc) is 3.55. The number of carbonyl (C=O) groups is 1. The lowest BCUT2D eigenvalue weighted by Gasteiger charge is -2.33. The number of hydrogen-bond donors (Lipinski definition) is 2. The van der Waals surface area contributed by atoms with Gasteiger partial charge in [-0.2, -0.15) is 0 Å². The third kappa shape index (κ3) is 6.16. The van der Waals surface area contributed by atoms with E-state index in [0.717, 1.165) is 49.6 Å². The fourth-order valence-electron chi connectivity index (χ4n) is 4.14. The Kier molecular flexibility index (Phi) is 6.83. The topological polar surface area (TPSA) is 95.9 Å². The van der Waals surface area contributed by atoms with Crippen LogP contribution in [0, 0.1) is 5.82 Å². The van der Waals surface area contributed by atoms with Gasteiger partial charge in [0.15, 0.2) is 0 Å². The molecular formula is C23H26ClFN2O5S. The molecule has 1 heterocycles. The van der Waals surface area contributed by atoms with Crippen LogP contribution in [0.4, 0.5) is 4.39 Å². The Morgan fingerprint density at radius 2 is 2.03 bits per heavy atom. The highest BCUT2D eigenvalue weighted by atomic mass is 35.5. The molecular weight excluding hydrogens is 471 g/mol. The molecule has 2 aliphatic rings. The Hall–Kier alpha value is -2.36. The largest absolute Gasteiger partial charge is 0.508 e. The van der Waals surface area contributed by atoms with Gasteiger partial charge in [-0.05, 0) is 68.0 Å². The fourth-order valence-corrected chi connectivity index (χ4v) is 4.78. The molecule has 33 heavy (non-hydrogen) atoms. The van der Waals surface area contributed by atoms with Crippen molar-refractivity contribution in [1.29, 1.82) is 0 Å². The van der Waals surface area contributed by atoms with E-state index < -0.39 is 21.7 Å². The zero-order chi connectivity index (χ0) is 23.8. The van der Waals surface area contributed by atoms with Gasteiger partial charge in [-0.25, -0.2) is 17.5 Å². The van der Waals surface area contributed by atoms with E-state index in [1.807, 2.05) is 4.72 Å². The van der Waals surface area contributed by atoms with Crippen LogP contribution >= 0.6 is 11.6 Å². The standard InChI is InChI=1S/C23H26ClFN2O5S/c1-33(30,31)26-23(29)19-10-18(14-4-5-14)22(11-20(19)25)32-17-3-2-8-27(13-17)12-15-9-16(24)6-7-21(15)28/h6-7,9-11,14,17,28H,2-5,8,12-13H2,1H3,(H,26,29)/t17-/m1/s1. The minimum atomic E-state index is -3.81. The third-order valence-electron chi connectivity index (χ3n) is 5.83. The Labute approximate surface area is 197 Å². The number of piperidine rings is 1. The van der Waals surface area contributed by atoms with Crippen LogP contribution in [0.1, 0.15) is 53.1 Å². The highest BCUT2D eigenvalue weighted by Gasteiger charge is 2.31. The lowest BCUT2D eigenvalue weighted by Crippen LogP contribution is -2.40. The maximum absolute atomic E-state index is 14.8. The van der Waals surface area contributed by atoms with Crippen molar-refractivity contribution in [3.63, 3.8) is 0 Å². The third-order valence-corrected chi connectivity index (χ3v) is 6.62. The molecule has 1 aliphatic heterocycles. The Morgan fingerprint density at radius 1 is 1.27 bits per heavy atom. The zero-order valence-electron chi connectivity index (χ0n) is 18.2. The van der Waals surface area contributed by atoms with Crippen molar-refractivity contribution in [2.75, 3.05) is 19.3 Å². The number of sulfonamides is 1. The summed E-state index contributed by atoms with van der Waals surface area (Å²) in [7, 11) is -3.81. The molecule has 1 atom stereocenters. The molecule has 2 aromatic carbocycles. The lowest BCUT2D eigenvalue weighted by molar-refractivity contribution is 0.0828. The molecule has 0 unspecified atom stereocenters. The molecule has 4 rings (SSSR count). The summed E-state index contributed by atoms with van der Waals surface area (Å²) in [5, 5.41) is 10.7. The number of phenolic OH excluding ortho intramolecular Hbond substituents is 1. The minimum absolute atomic E-state index is 0.161. The van der Waals surface area contributed by atoms with E-state index >= 15 is 0 Å². The first-order valence-corrected chi connectivity index (χ1v) is 13.1. The monoisotopic (exact) mass is 496 g/mol. The summed E-state index contributed by atoms with van der Waals surface area (Å²) < 4.78 is 45.5. The Morgan fingerprint density at radius 3 is 2.73 bits per heavy atom. The fraction of sp³-hybridized carbons (Fsp3) is 0.435. The van der Waals surface area contributed by atoms with Crippen molar-refractivity contribution in [2.45, 2.75) is 44.2 Å². The molecule has 1 saturated carbocycles. The van der Waals surface area contributed by atoms with Gasteiger partial charge < -0.3 is 9.84 Å². The second-order valence-corrected chi connectivity index (χ2v) is 10.9. The van der Waals surface area contributed by atoms with Crippen LogP contribution < -0.4 is 9.46 Å². The quantitative estimate of drug-likeness (QED) is 0.605. The first-order valence-electron chi connectivity index (χ1n) is 10.8. The molecule has 0 radical (unpaired) electrons. The molecule has 0 aromatic heterocycles. The van der Waals surface area contributed by atoms with Crippen molar-refractivity contribution in [1.82, 2.24) is 9.62 Å². The van der Waals surface area contributed by atoms with Gasteiger partial charge in [-0.3, -0.25) is 9.69 Å². The van der Waals surface area contributed by atoms with Gasteiger partial charge >= 0.3 is 0 Å². The van der Waals surface area contributed by atoms with E-state index in [4.69, 9.17) is 16.3 Å². The van der Waals surface area contributed by atoms with Gasteiger partial charge in [0.05, 0.1) is 11.8 Å². The van der Waals surface area contributed by atoms with E-state index in [1.165, 1.54) is 12.1 Å². The summed E-state index contributed by atoms with van der Waals surface area (Å²) in [4.78, 5) is 14.4. The molecule has 0 bridgehead atoms. The van der Waals surface area contributed by atoms with Crippen LogP contribution in [0.25, 0.3) is 0 Å². The molecule has 0 spiro atoms. The van der Waals surface area contributed by atoms with Crippen LogP contribution in [-0.4, -0.2) is 49.8 Å². The summed E-state index contributed by atoms with van der Waals surface area (Å²) >= 11 is 6.06. The van der Waals surface area contributed by atoms with Crippen LogP contribution in [0.2, 0.25) is 5.02 Å². The second kappa shape index (κ2) is 9.48. The number of amides is 1. The van der Waals surface area contributed by atoms with Crippen LogP contribution in [0.5, 0.6) is 11.5 Å². The molecule has 2 fully saturated rings. The van der Waals surface area contributed by atoms with Crippen LogP contribution in [-0.2, 0) is 16.6 Å². The predicted molar refractivity (Wildman–Crippen MR) is 123 cm³/mol. The number of rotatable bonds is 7. The van der Waals surface area contributed by atoms with E-state index in [1.54, 1.807) is 18.2 Å². The number of nitrogens with one attached hydrogen (secondary N) is 1. The maximum Gasteiger partial charge on any atom is 0.267 e. The molecule has 1 amide bonds. The van der Waals surface area contributed by atoms with Crippen LogP contribution in [0.3, 0.4) is 0 Å². The van der Waals surface area contributed by atoms with Gasteiger partial charge in [0.25, 0.3) is 5.91 Å². The minimum Gasteiger partial charge on any atom is -0.508 e. The van der Waals surface area contributed by atoms with Crippen molar-refractivity contribution >= 4 is 27.5 Å². The number of likely N-dealkylation sites (tertiary alicyclic amines) is 1. The Bertz CT molecular complexity index is 1170. The number of phenols is 1. The van der Waals surface area contributed by atoms with Crippen molar-refractivity contribution < 1.29 is 27.4 Å². The molecule has 10 heteroatoms. The van der Waals surface area contributed by atoms with Crippen molar-refractivity contribution in [2.24, 2.45) is 0 Å². The summed E-state index contributed by atoms with van der Waals surface area (Å²) in [5.41, 5.74) is 1.14. The number of nitrogens with zero attached hydrogens (tertiary/aromatic N) is 1. The van der Waals surface area contributed by atoms with E-state index in [-0.39, 0.29) is 23.3 Å². The molecule has 2 N–H and O–H groups in total. The first kappa shape index (κ1) is 23.8. The Balaban J connectivity index is 1.50. The second-order valence-electron chi connectivity index (χ2n) is 8.74. The molecule has 1 saturated heterocycles. The zero-order valence-corrected chi connectivity index (χ0v) is 19.8. The summed E-state index contributed by atoms with van der Waals surface area (Å²) in [6.07, 6.45) is 4.13. The van der Waals surface area contributed by atoms with Crippen molar-refractivity contribution in [3.05, 3.63) is 57.9 Å². The highest BCUT2D eigenvalue weighted by Crippen LogP contribution is 2.45. The van der Waals surface area contributed by atoms with Crippen LogP contribution in [0.15, 0.2) is 30.3 Å². The van der Waals surface area contributed by atoms with Gasteiger partial charge in [-0.15, -0.1) is 0 Å². The number of ether oxygens (including phenoxy) is 1. The summed E-state index contributed by atoms with van der Waals surface area (Å²) in [5.74, 6) is -1.08. The van der Waals surface area contributed by atoms with Gasteiger partial charge in [-0.1, -0.05) is 11.6 Å². The smallest absolute Gasteiger partial charge is 0.267 e. The summed E-state index contributed by atoms with van der Waals surface area (Å²) in [6.45, 7) is 1.94. The van der Waals surface area contributed by atoms with Gasteiger partial charge in [0.1, 0.15) is 23.4 Å². The molecule has 2 aromatic rings. The molecule has 1 aliphatic carbocycles. The van der Waals surface area contributed by atoms with E-state index in [9.17, 15) is 22.7 Å². The van der Waals surface area contributed by atoms with E-state index in [0.29, 0.717) is 23.9 Å². The number of hydrogen-bond acceptors (Lipinski definition) is 6. The maximum atomic E-state index is 14.8. The van der Waals surface area contributed by atoms with Gasteiger partial charge in [0.2, 0.25) is 10.0 Å². The normalized spacial score (nSPS) is 19.3. The summed E-state index contributed by atoms with van der Waals surface area (Å²) in [6, 6.07) is 7.54. The number of benzene rings is 2. The number of halogens is 2. The molecule has 7 nitrogen and oxygen atoms in total. The SMILES string of the molecule is CS(=O)(=O)NC(=O)c1cc(C2CC2)c(O[C@@H]2CCCN(Cc3cc(Cl)ccc3O)C2)cc1F. The lowest BCUT2D eigenvalue weighted by atomic mass is 10.0. The van der Waals surface area contributed by atoms with E-state index in [2.05, 4.69) is 4.90 Å². The van der Waals surface area contributed by atoms with Gasteiger partial charge in [0, 0.05) is 29.7 Å². The number of carbonyl (C=O) groups excluding carboxylic acids is 1. The first-order chi connectivity index (χ1) is 15.6. The highest BCUT2D eigenvalue weighted by molar-refractivity contribution is 7.89. The predicted octanol–water partition coefficient (Wildman–Crippen LogP) is 3.79. The molecule has 178 valence electrons. The van der Waals surface area contributed by atoms with Crippen molar-refractivity contribution in [3.8, 4) is 11.5 Å². The average molecular weight is 497 g/mol. The number of aromatic hydroxyl groups is 1.